The molecule has 0 aliphatic carbocycles. The number of carbonyl (C=O) groups excluding carboxylic acids is 2. The first-order chi connectivity index (χ1) is 14.3. The van der Waals surface area contributed by atoms with Gasteiger partial charge in [0.2, 0.25) is 5.91 Å². The van der Waals surface area contributed by atoms with Gasteiger partial charge < -0.3 is 29.6 Å². The average Bonchev–Trinajstić information content (AvgIpc) is 3.27. The van der Waals surface area contributed by atoms with Crippen LogP contribution in [0.2, 0.25) is 5.02 Å². The lowest BCUT2D eigenvalue weighted by Gasteiger charge is -2.40. The van der Waals surface area contributed by atoms with Crippen molar-refractivity contribution >= 4 is 23.4 Å². The number of hydrazine groups is 1. The smallest absolute Gasteiger partial charge is 0.305 e. The number of benzene rings is 1. The summed E-state index contributed by atoms with van der Waals surface area (Å²) in [5.41, 5.74) is 5.20. The van der Waals surface area contributed by atoms with Gasteiger partial charge in [0.25, 0.3) is 0 Å². The Labute approximate surface area is 176 Å². The zero-order valence-corrected chi connectivity index (χ0v) is 16.3. The summed E-state index contributed by atoms with van der Waals surface area (Å²) >= 11 is 6.15. The molecule has 2 aromatic rings. The van der Waals surface area contributed by atoms with Crippen LogP contribution in [0.1, 0.15) is 27.8 Å². The second-order valence-corrected chi connectivity index (χ2v) is 7.16. The fraction of sp³-hybridized carbons (Fsp3) is 0.368. The van der Waals surface area contributed by atoms with Crippen molar-refractivity contribution < 1.29 is 39.2 Å². The molecule has 6 N–H and O–H groups in total. The van der Waals surface area contributed by atoms with Gasteiger partial charge in [-0.3, -0.25) is 20.4 Å². The molecule has 0 unspecified atom stereocenters. The summed E-state index contributed by atoms with van der Waals surface area (Å²) in [5.74, 6) is -1.17. The SMILES string of the molecule is O=C(Cc1cc([C@@H]2O[C@H](CO)[C@@H](O)[C@H](O)[C@@H]2O)ccc1Cl)NNC(=O)c1ccco1. The third-order valence-corrected chi connectivity index (χ3v) is 5.07. The number of nitrogens with one attached hydrogen (secondary N) is 2. The lowest BCUT2D eigenvalue weighted by atomic mass is 9.90. The summed E-state index contributed by atoms with van der Waals surface area (Å²) < 4.78 is 10.4. The summed E-state index contributed by atoms with van der Waals surface area (Å²) in [6, 6.07) is 7.49. The Morgan fingerprint density at radius 2 is 1.83 bits per heavy atom. The van der Waals surface area contributed by atoms with Crippen LogP contribution in [0.3, 0.4) is 0 Å². The molecule has 0 radical (unpaired) electrons. The van der Waals surface area contributed by atoms with Crippen LogP contribution in [-0.4, -0.2) is 63.3 Å². The highest BCUT2D eigenvalue weighted by atomic mass is 35.5. The van der Waals surface area contributed by atoms with E-state index in [1.807, 2.05) is 0 Å². The standard InChI is InChI=1S/C19H21ClN2O8/c20-11-4-3-9(18-17(27)16(26)15(25)13(8-23)30-18)6-10(11)7-14(24)21-22-19(28)12-2-1-5-29-12/h1-6,13,15-18,23,25-27H,7-8H2,(H,21,24)(H,22,28)/t13-,15-,16+,17+,18+/m1/s1. The van der Waals surface area contributed by atoms with Crippen molar-refractivity contribution in [1.82, 2.24) is 10.9 Å². The Hall–Kier alpha value is -2.47. The van der Waals surface area contributed by atoms with E-state index in [9.17, 15) is 30.0 Å². The monoisotopic (exact) mass is 440 g/mol. The molecule has 1 aliphatic heterocycles. The van der Waals surface area contributed by atoms with Crippen LogP contribution in [0.25, 0.3) is 0 Å². The molecule has 1 fully saturated rings. The van der Waals surface area contributed by atoms with Crippen molar-refractivity contribution in [2.24, 2.45) is 0 Å². The number of furan rings is 1. The van der Waals surface area contributed by atoms with Gasteiger partial charge >= 0.3 is 5.91 Å². The van der Waals surface area contributed by atoms with Gasteiger partial charge in [-0.05, 0) is 29.3 Å². The predicted octanol–water partition coefficient (Wildman–Crippen LogP) is -0.548. The molecule has 2 amide bonds. The normalized spacial score (nSPS) is 26.2. The van der Waals surface area contributed by atoms with Crippen LogP contribution >= 0.6 is 11.6 Å². The van der Waals surface area contributed by atoms with Crippen LogP contribution in [0.15, 0.2) is 41.0 Å². The molecule has 30 heavy (non-hydrogen) atoms. The van der Waals surface area contributed by atoms with Gasteiger partial charge in [0.05, 0.1) is 19.3 Å². The Morgan fingerprint density at radius 3 is 2.50 bits per heavy atom. The first-order valence-electron chi connectivity index (χ1n) is 9.03. The number of aliphatic hydroxyl groups excluding tert-OH is 4. The third kappa shape index (κ3) is 4.81. The van der Waals surface area contributed by atoms with Crippen LogP contribution in [0, 0.1) is 0 Å². The zero-order valence-electron chi connectivity index (χ0n) is 15.6. The number of ether oxygens (including phenoxy) is 1. The zero-order chi connectivity index (χ0) is 21.8. The van der Waals surface area contributed by atoms with Crippen LogP contribution in [-0.2, 0) is 16.0 Å². The van der Waals surface area contributed by atoms with Crippen molar-refractivity contribution in [2.45, 2.75) is 36.9 Å². The number of rotatable bonds is 5. The summed E-state index contributed by atoms with van der Waals surface area (Å²) in [7, 11) is 0. The van der Waals surface area contributed by atoms with Crippen molar-refractivity contribution in [1.29, 1.82) is 0 Å². The minimum Gasteiger partial charge on any atom is -0.459 e. The van der Waals surface area contributed by atoms with E-state index in [1.54, 1.807) is 0 Å². The molecule has 3 rings (SSSR count). The van der Waals surface area contributed by atoms with Crippen molar-refractivity contribution in [3.05, 3.63) is 58.5 Å². The molecule has 2 heterocycles. The molecule has 5 atom stereocenters. The van der Waals surface area contributed by atoms with Crippen molar-refractivity contribution in [3.63, 3.8) is 0 Å². The van der Waals surface area contributed by atoms with Gasteiger partial charge in [0.15, 0.2) is 5.76 Å². The quantitative estimate of drug-likeness (QED) is 0.337. The van der Waals surface area contributed by atoms with E-state index in [2.05, 4.69) is 10.9 Å². The molecule has 162 valence electrons. The Balaban J connectivity index is 1.69. The number of carbonyl (C=O) groups is 2. The summed E-state index contributed by atoms with van der Waals surface area (Å²) in [6.07, 6.45) is -5.47. The number of amides is 2. The van der Waals surface area contributed by atoms with E-state index in [0.717, 1.165) is 0 Å². The number of aliphatic hydroxyl groups is 4. The lowest BCUT2D eigenvalue weighted by Crippen LogP contribution is -2.55. The fourth-order valence-electron chi connectivity index (χ4n) is 3.10. The second kappa shape index (κ2) is 9.56. The maximum absolute atomic E-state index is 12.2. The van der Waals surface area contributed by atoms with Crippen LogP contribution in [0.5, 0.6) is 0 Å². The predicted molar refractivity (Wildman–Crippen MR) is 102 cm³/mol. The van der Waals surface area contributed by atoms with E-state index in [0.29, 0.717) is 11.1 Å². The van der Waals surface area contributed by atoms with Crippen molar-refractivity contribution in [2.75, 3.05) is 6.61 Å². The molecule has 1 aromatic heterocycles. The molecule has 0 saturated carbocycles. The molecule has 1 saturated heterocycles. The highest BCUT2D eigenvalue weighted by molar-refractivity contribution is 6.31. The lowest BCUT2D eigenvalue weighted by molar-refractivity contribution is -0.231. The second-order valence-electron chi connectivity index (χ2n) is 6.76. The Morgan fingerprint density at radius 1 is 1.07 bits per heavy atom. The Kier molecular flexibility index (Phi) is 7.08. The maximum atomic E-state index is 12.2. The highest BCUT2D eigenvalue weighted by Gasteiger charge is 2.44. The number of hydrogen-bond donors (Lipinski definition) is 6. The van der Waals surface area contributed by atoms with Crippen LogP contribution < -0.4 is 10.9 Å². The summed E-state index contributed by atoms with van der Waals surface area (Å²) in [5, 5.41) is 39.7. The van der Waals surface area contributed by atoms with E-state index < -0.39 is 48.9 Å². The molecule has 0 spiro atoms. The summed E-state index contributed by atoms with van der Waals surface area (Å²) in [4.78, 5) is 24.0. The van der Waals surface area contributed by atoms with Crippen molar-refractivity contribution in [3.8, 4) is 0 Å². The van der Waals surface area contributed by atoms with E-state index in [1.165, 1.54) is 36.6 Å². The highest BCUT2D eigenvalue weighted by Crippen LogP contribution is 2.34. The fourth-order valence-corrected chi connectivity index (χ4v) is 3.28. The largest absolute Gasteiger partial charge is 0.459 e. The molecule has 10 nitrogen and oxygen atoms in total. The third-order valence-electron chi connectivity index (χ3n) is 4.70. The summed E-state index contributed by atoms with van der Waals surface area (Å²) in [6.45, 7) is -0.556. The molecule has 11 heteroatoms. The molecule has 0 bridgehead atoms. The van der Waals surface area contributed by atoms with Gasteiger partial charge in [-0.15, -0.1) is 0 Å². The molecule has 1 aliphatic rings. The van der Waals surface area contributed by atoms with Crippen LogP contribution in [0.4, 0.5) is 0 Å². The van der Waals surface area contributed by atoms with E-state index in [-0.39, 0.29) is 17.2 Å². The molecular formula is C19H21ClN2O8. The van der Waals surface area contributed by atoms with Gasteiger partial charge in [-0.1, -0.05) is 23.7 Å². The topological polar surface area (TPSA) is 161 Å². The van der Waals surface area contributed by atoms with Gasteiger partial charge in [0, 0.05) is 5.02 Å². The first-order valence-corrected chi connectivity index (χ1v) is 9.41. The van der Waals surface area contributed by atoms with E-state index in [4.69, 9.17) is 20.8 Å². The van der Waals surface area contributed by atoms with Gasteiger partial charge in [-0.25, -0.2) is 0 Å². The Bertz CT molecular complexity index is 889. The number of hydrogen-bond acceptors (Lipinski definition) is 8. The minimum absolute atomic E-state index is 0.0259. The minimum atomic E-state index is -1.53. The number of halogens is 1. The first kappa shape index (κ1) is 22.2. The average molecular weight is 441 g/mol. The van der Waals surface area contributed by atoms with Gasteiger partial charge in [0.1, 0.15) is 30.5 Å². The molecular weight excluding hydrogens is 420 g/mol. The van der Waals surface area contributed by atoms with Gasteiger partial charge in [-0.2, -0.15) is 0 Å². The molecule has 1 aromatic carbocycles. The maximum Gasteiger partial charge on any atom is 0.305 e. The van der Waals surface area contributed by atoms with E-state index >= 15 is 0 Å².